The van der Waals surface area contributed by atoms with Gasteiger partial charge in [0, 0.05) is 17.8 Å². The van der Waals surface area contributed by atoms with E-state index in [4.69, 9.17) is 11.6 Å². The highest BCUT2D eigenvalue weighted by atomic mass is 35.5. The third-order valence-electron chi connectivity index (χ3n) is 5.39. The van der Waals surface area contributed by atoms with Crippen LogP contribution in [0, 0.1) is 23.7 Å². The first kappa shape index (κ1) is 12.8. The molecule has 0 bridgehead atoms. The fourth-order valence-electron chi connectivity index (χ4n) is 4.24. The molecule has 2 nitrogen and oxygen atoms in total. The Morgan fingerprint density at radius 1 is 1.00 bits per heavy atom. The lowest BCUT2D eigenvalue weighted by atomic mass is 9.85. The Morgan fingerprint density at radius 2 is 1.61 bits per heavy atom. The number of rotatable bonds is 3. The van der Waals surface area contributed by atoms with Crippen molar-refractivity contribution in [2.24, 2.45) is 23.7 Å². The minimum absolute atomic E-state index is 0.342. The zero-order valence-corrected chi connectivity index (χ0v) is 11.8. The molecule has 102 valence electrons. The smallest absolute Gasteiger partial charge is 0.223 e. The van der Waals surface area contributed by atoms with E-state index >= 15 is 0 Å². The normalized spacial score (nSPS) is 43.1. The van der Waals surface area contributed by atoms with E-state index in [1.807, 2.05) is 0 Å². The van der Waals surface area contributed by atoms with E-state index in [1.54, 1.807) is 0 Å². The van der Waals surface area contributed by atoms with Crippen LogP contribution in [0.25, 0.3) is 0 Å². The van der Waals surface area contributed by atoms with Crippen molar-refractivity contribution in [3.63, 3.8) is 0 Å². The quantitative estimate of drug-likeness (QED) is 0.783. The topological polar surface area (TPSA) is 29.1 Å². The van der Waals surface area contributed by atoms with E-state index in [1.165, 1.54) is 44.9 Å². The van der Waals surface area contributed by atoms with Crippen molar-refractivity contribution >= 4 is 17.5 Å². The van der Waals surface area contributed by atoms with Gasteiger partial charge in [-0.25, -0.2) is 0 Å². The maximum atomic E-state index is 12.3. The van der Waals surface area contributed by atoms with Crippen molar-refractivity contribution < 1.29 is 4.79 Å². The van der Waals surface area contributed by atoms with Crippen LogP contribution in [0.5, 0.6) is 0 Å². The van der Waals surface area contributed by atoms with Crippen molar-refractivity contribution in [1.29, 1.82) is 0 Å². The molecule has 1 N–H and O–H groups in total. The molecule has 0 spiro atoms. The van der Waals surface area contributed by atoms with Crippen molar-refractivity contribution in [3.05, 3.63) is 0 Å². The van der Waals surface area contributed by atoms with Crippen LogP contribution in [0.2, 0.25) is 0 Å². The summed E-state index contributed by atoms with van der Waals surface area (Å²) in [7, 11) is 0. The predicted molar refractivity (Wildman–Crippen MR) is 73.5 cm³/mol. The number of carbonyl (C=O) groups excluding carboxylic acids is 1. The summed E-state index contributed by atoms with van der Waals surface area (Å²) in [5.74, 6) is 3.33. The molecule has 3 heteroatoms. The van der Waals surface area contributed by atoms with Crippen LogP contribution < -0.4 is 5.32 Å². The maximum Gasteiger partial charge on any atom is 0.223 e. The molecule has 0 aromatic carbocycles. The molecular weight excluding hydrogens is 246 g/mol. The second-order valence-corrected chi connectivity index (χ2v) is 6.76. The van der Waals surface area contributed by atoms with Crippen molar-refractivity contribution in [3.8, 4) is 0 Å². The Balaban J connectivity index is 1.54. The van der Waals surface area contributed by atoms with Gasteiger partial charge < -0.3 is 5.32 Å². The first-order valence-electron chi connectivity index (χ1n) is 7.67. The molecule has 3 aliphatic carbocycles. The molecule has 4 atom stereocenters. The van der Waals surface area contributed by atoms with Gasteiger partial charge >= 0.3 is 0 Å². The van der Waals surface area contributed by atoms with Crippen LogP contribution in [-0.4, -0.2) is 17.8 Å². The highest BCUT2D eigenvalue weighted by Crippen LogP contribution is 2.55. The molecule has 0 aromatic rings. The Hall–Kier alpha value is -0.240. The fourth-order valence-corrected chi connectivity index (χ4v) is 4.61. The van der Waals surface area contributed by atoms with Gasteiger partial charge in [0.1, 0.15) is 0 Å². The number of halogens is 1. The Morgan fingerprint density at radius 3 is 2.28 bits per heavy atom. The van der Waals surface area contributed by atoms with Crippen molar-refractivity contribution in [2.45, 2.75) is 57.4 Å². The highest BCUT2D eigenvalue weighted by Gasteiger charge is 2.54. The molecule has 3 rings (SSSR count). The first-order chi connectivity index (χ1) is 8.81. The Bertz CT molecular complexity index is 308. The molecule has 18 heavy (non-hydrogen) atoms. The number of carbonyl (C=O) groups is 1. The second kappa shape index (κ2) is 5.40. The van der Waals surface area contributed by atoms with Crippen LogP contribution in [0.15, 0.2) is 0 Å². The number of fused-ring (bicyclic) bond motifs is 1. The molecule has 0 aromatic heterocycles. The third-order valence-corrected chi connectivity index (χ3v) is 5.79. The molecule has 3 saturated carbocycles. The fraction of sp³-hybridized carbons (Fsp3) is 0.933. The second-order valence-electron chi connectivity index (χ2n) is 6.45. The Labute approximate surface area is 115 Å². The number of hydrogen-bond donors (Lipinski definition) is 1. The summed E-state index contributed by atoms with van der Waals surface area (Å²) in [6.07, 6.45) is 10.1. The van der Waals surface area contributed by atoms with E-state index in [0.29, 0.717) is 29.7 Å². The first-order valence-corrected chi connectivity index (χ1v) is 8.21. The van der Waals surface area contributed by atoms with Crippen molar-refractivity contribution in [2.75, 3.05) is 5.88 Å². The van der Waals surface area contributed by atoms with Crippen molar-refractivity contribution in [1.82, 2.24) is 5.32 Å². The maximum absolute atomic E-state index is 12.3. The summed E-state index contributed by atoms with van der Waals surface area (Å²) in [4.78, 5) is 12.3. The molecule has 0 aliphatic heterocycles. The van der Waals surface area contributed by atoms with E-state index < -0.39 is 0 Å². The SMILES string of the molecule is O=C(NC1CCCCC1CCl)C1C2CCCCC21. The van der Waals surface area contributed by atoms with E-state index in [0.717, 1.165) is 18.3 Å². The molecule has 3 aliphatic rings. The van der Waals surface area contributed by atoms with Crippen LogP contribution in [-0.2, 0) is 4.79 Å². The molecule has 1 amide bonds. The number of hydrogen-bond acceptors (Lipinski definition) is 1. The highest BCUT2D eigenvalue weighted by molar-refractivity contribution is 6.18. The molecule has 3 fully saturated rings. The van der Waals surface area contributed by atoms with E-state index in [-0.39, 0.29) is 0 Å². The van der Waals surface area contributed by atoms with Gasteiger partial charge in [0.05, 0.1) is 0 Å². The summed E-state index contributed by atoms with van der Waals surface area (Å²) in [6, 6.07) is 0.353. The van der Waals surface area contributed by atoms with E-state index in [9.17, 15) is 4.79 Å². The van der Waals surface area contributed by atoms with Gasteiger partial charge in [0.15, 0.2) is 0 Å². The number of alkyl halides is 1. The van der Waals surface area contributed by atoms with Gasteiger partial charge in [-0.15, -0.1) is 11.6 Å². The lowest BCUT2D eigenvalue weighted by molar-refractivity contribution is -0.124. The van der Waals surface area contributed by atoms with Crippen LogP contribution >= 0.6 is 11.6 Å². The zero-order chi connectivity index (χ0) is 12.5. The zero-order valence-electron chi connectivity index (χ0n) is 11.0. The number of nitrogens with one attached hydrogen (secondary N) is 1. The predicted octanol–water partition coefficient (Wildman–Crippen LogP) is 3.34. The van der Waals surface area contributed by atoms with Gasteiger partial charge in [0.25, 0.3) is 0 Å². The molecule has 0 heterocycles. The minimum Gasteiger partial charge on any atom is -0.353 e. The summed E-state index contributed by atoms with van der Waals surface area (Å²) in [5, 5.41) is 3.31. The standard InChI is InChI=1S/C15H24ClNO/c16-9-10-5-1-4-8-13(10)17-15(18)14-11-6-2-3-7-12(11)14/h10-14H,1-9H2,(H,17,18). The summed E-state index contributed by atoms with van der Waals surface area (Å²) >= 11 is 6.02. The summed E-state index contributed by atoms with van der Waals surface area (Å²) in [6.45, 7) is 0. The van der Waals surface area contributed by atoms with Crippen LogP contribution in [0.1, 0.15) is 51.4 Å². The van der Waals surface area contributed by atoms with Gasteiger partial charge in [-0.2, -0.15) is 0 Å². The average Bonchev–Trinajstić information content (AvgIpc) is 3.13. The van der Waals surface area contributed by atoms with Gasteiger partial charge in [-0.05, 0) is 43.4 Å². The minimum atomic E-state index is 0.342. The lowest BCUT2D eigenvalue weighted by Crippen LogP contribution is -2.43. The summed E-state index contributed by atoms with van der Waals surface area (Å²) < 4.78 is 0. The molecule has 0 radical (unpaired) electrons. The van der Waals surface area contributed by atoms with Gasteiger partial charge in [0.2, 0.25) is 5.91 Å². The molecule has 0 saturated heterocycles. The van der Waals surface area contributed by atoms with Crippen LogP contribution in [0.3, 0.4) is 0 Å². The van der Waals surface area contributed by atoms with Gasteiger partial charge in [-0.3, -0.25) is 4.79 Å². The average molecular weight is 270 g/mol. The lowest BCUT2D eigenvalue weighted by Gasteiger charge is -2.31. The Kier molecular flexibility index (Phi) is 3.83. The largest absolute Gasteiger partial charge is 0.353 e. The van der Waals surface area contributed by atoms with E-state index in [2.05, 4.69) is 5.32 Å². The van der Waals surface area contributed by atoms with Gasteiger partial charge in [-0.1, -0.05) is 25.7 Å². The summed E-state index contributed by atoms with van der Waals surface area (Å²) in [5.41, 5.74) is 0. The number of amides is 1. The van der Waals surface area contributed by atoms with Crippen LogP contribution in [0.4, 0.5) is 0 Å². The molecular formula is C15H24ClNO. The third kappa shape index (κ3) is 2.41. The monoisotopic (exact) mass is 269 g/mol. The molecule has 4 unspecified atom stereocenters.